The number of hydrogen-bond acceptors (Lipinski definition) is 4. The Morgan fingerprint density at radius 2 is 2.08 bits per heavy atom. The zero-order valence-electron chi connectivity index (χ0n) is 13.4. The van der Waals surface area contributed by atoms with Gasteiger partial charge in [-0.3, -0.25) is 4.68 Å². The molecular formula is C17H16F3N3O2. The van der Waals surface area contributed by atoms with Crippen molar-refractivity contribution >= 4 is 0 Å². The number of alkyl halides is 3. The fourth-order valence-corrected chi connectivity index (χ4v) is 2.43. The van der Waals surface area contributed by atoms with Crippen molar-refractivity contribution in [3.63, 3.8) is 0 Å². The van der Waals surface area contributed by atoms with Gasteiger partial charge in [0.1, 0.15) is 11.5 Å². The summed E-state index contributed by atoms with van der Waals surface area (Å²) in [5.41, 5.74) is 1.00. The summed E-state index contributed by atoms with van der Waals surface area (Å²) in [4.78, 5) is 4.31. The van der Waals surface area contributed by atoms with Crippen molar-refractivity contribution in [3.8, 4) is 11.5 Å². The van der Waals surface area contributed by atoms with Crippen molar-refractivity contribution in [2.75, 3.05) is 6.61 Å². The monoisotopic (exact) mass is 351 g/mol. The molecule has 8 heteroatoms. The number of aliphatic hydroxyl groups excluding tert-OH is 1. The first-order chi connectivity index (χ1) is 11.9. The Morgan fingerprint density at radius 1 is 1.28 bits per heavy atom. The van der Waals surface area contributed by atoms with Gasteiger partial charge >= 0.3 is 6.18 Å². The molecule has 2 aromatic heterocycles. The second-order valence-electron chi connectivity index (χ2n) is 5.62. The van der Waals surface area contributed by atoms with E-state index in [0.717, 1.165) is 17.7 Å². The molecule has 1 N–H and O–H groups in total. The predicted molar refractivity (Wildman–Crippen MR) is 83.8 cm³/mol. The normalized spacial score (nSPS) is 11.9. The SMILES string of the molecule is Cc1oc(-c2cccc(C(F)(F)F)c2)nc1Cn1cc(CCO)cn1. The lowest BCUT2D eigenvalue weighted by Gasteiger charge is -2.06. The Balaban J connectivity index is 1.85. The van der Waals surface area contributed by atoms with Crippen LogP contribution in [0.5, 0.6) is 0 Å². The van der Waals surface area contributed by atoms with Gasteiger partial charge in [0.15, 0.2) is 0 Å². The van der Waals surface area contributed by atoms with Crippen LogP contribution in [0, 0.1) is 6.92 Å². The van der Waals surface area contributed by atoms with Crippen LogP contribution in [0.1, 0.15) is 22.6 Å². The number of benzene rings is 1. The van der Waals surface area contributed by atoms with E-state index in [9.17, 15) is 13.2 Å². The van der Waals surface area contributed by atoms with Crippen molar-refractivity contribution in [2.45, 2.75) is 26.1 Å². The van der Waals surface area contributed by atoms with E-state index in [1.165, 1.54) is 12.1 Å². The van der Waals surface area contributed by atoms with Crippen LogP contribution in [0.25, 0.3) is 11.5 Å². The summed E-state index contributed by atoms with van der Waals surface area (Å²) < 4.78 is 45.7. The summed E-state index contributed by atoms with van der Waals surface area (Å²) in [5, 5.41) is 13.1. The summed E-state index contributed by atoms with van der Waals surface area (Å²) >= 11 is 0. The summed E-state index contributed by atoms with van der Waals surface area (Å²) in [7, 11) is 0. The number of rotatable bonds is 5. The van der Waals surface area contributed by atoms with Crippen molar-refractivity contribution in [1.82, 2.24) is 14.8 Å². The van der Waals surface area contributed by atoms with Crippen LogP contribution in [0.4, 0.5) is 13.2 Å². The van der Waals surface area contributed by atoms with Crippen LogP contribution in [-0.4, -0.2) is 26.5 Å². The third kappa shape index (κ3) is 3.90. The van der Waals surface area contributed by atoms with E-state index in [0.29, 0.717) is 24.4 Å². The van der Waals surface area contributed by atoms with E-state index in [4.69, 9.17) is 9.52 Å². The lowest BCUT2D eigenvalue weighted by molar-refractivity contribution is -0.137. The molecule has 0 fully saturated rings. The minimum absolute atomic E-state index is 0.0361. The molecule has 0 aliphatic heterocycles. The maximum absolute atomic E-state index is 12.8. The Morgan fingerprint density at radius 3 is 2.80 bits per heavy atom. The maximum atomic E-state index is 12.8. The standard InChI is InChI=1S/C17H16F3N3O2/c1-11-15(10-23-9-12(5-6-24)8-21-23)22-16(25-11)13-3-2-4-14(7-13)17(18,19)20/h2-4,7-9,24H,5-6,10H2,1H3. The molecule has 3 rings (SSSR count). The van der Waals surface area contributed by atoms with E-state index in [1.54, 1.807) is 24.0 Å². The first-order valence-electron chi connectivity index (χ1n) is 7.63. The van der Waals surface area contributed by atoms with Gasteiger partial charge < -0.3 is 9.52 Å². The van der Waals surface area contributed by atoms with Gasteiger partial charge in [0.25, 0.3) is 0 Å². The number of aromatic nitrogens is 3. The van der Waals surface area contributed by atoms with Crippen LogP contribution < -0.4 is 0 Å². The first kappa shape index (κ1) is 17.2. The quantitative estimate of drug-likeness (QED) is 0.765. The Bertz CT molecular complexity index is 868. The molecule has 0 unspecified atom stereocenters. The van der Waals surface area contributed by atoms with E-state index in [-0.39, 0.29) is 18.1 Å². The average Bonchev–Trinajstić information content (AvgIpc) is 3.15. The highest BCUT2D eigenvalue weighted by Crippen LogP contribution is 2.32. The van der Waals surface area contributed by atoms with Gasteiger partial charge in [-0.05, 0) is 37.1 Å². The lowest BCUT2D eigenvalue weighted by atomic mass is 10.1. The number of halogens is 3. The molecule has 1 aromatic carbocycles. The highest BCUT2D eigenvalue weighted by molar-refractivity contribution is 5.55. The average molecular weight is 351 g/mol. The summed E-state index contributed by atoms with van der Waals surface area (Å²) in [6.07, 6.45) is -0.473. The number of aliphatic hydroxyl groups is 1. The van der Waals surface area contributed by atoms with Crippen LogP contribution in [0.3, 0.4) is 0 Å². The van der Waals surface area contributed by atoms with Gasteiger partial charge in [-0.15, -0.1) is 0 Å². The van der Waals surface area contributed by atoms with Gasteiger partial charge in [0, 0.05) is 18.4 Å². The van der Waals surface area contributed by atoms with Crippen molar-refractivity contribution in [2.24, 2.45) is 0 Å². The zero-order valence-corrected chi connectivity index (χ0v) is 13.4. The molecular weight excluding hydrogens is 335 g/mol. The van der Waals surface area contributed by atoms with Crippen LogP contribution >= 0.6 is 0 Å². The van der Waals surface area contributed by atoms with Crippen molar-refractivity contribution in [3.05, 3.63) is 59.2 Å². The minimum atomic E-state index is -4.42. The van der Waals surface area contributed by atoms with Crippen LogP contribution in [-0.2, 0) is 19.1 Å². The molecule has 0 aliphatic carbocycles. The zero-order chi connectivity index (χ0) is 18.0. The van der Waals surface area contributed by atoms with Crippen LogP contribution in [0.15, 0.2) is 41.1 Å². The molecule has 0 aliphatic rings. The summed E-state index contributed by atoms with van der Waals surface area (Å²) in [5.74, 6) is 0.660. The lowest BCUT2D eigenvalue weighted by Crippen LogP contribution is -2.04. The summed E-state index contributed by atoms with van der Waals surface area (Å²) in [6.45, 7) is 2.08. The fourth-order valence-electron chi connectivity index (χ4n) is 2.43. The highest BCUT2D eigenvalue weighted by Gasteiger charge is 2.30. The van der Waals surface area contributed by atoms with E-state index in [1.807, 2.05) is 0 Å². The molecule has 0 bridgehead atoms. The second-order valence-corrected chi connectivity index (χ2v) is 5.62. The molecule has 132 valence electrons. The second kappa shape index (κ2) is 6.72. The predicted octanol–water partition coefficient (Wildman–Crippen LogP) is 3.45. The van der Waals surface area contributed by atoms with Gasteiger partial charge in [-0.2, -0.15) is 18.3 Å². The minimum Gasteiger partial charge on any atom is -0.441 e. The fraction of sp³-hybridized carbons (Fsp3) is 0.294. The first-order valence-corrected chi connectivity index (χ1v) is 7.63. The van der Waals surface area contributed by atoms with E-state index in [2.05, 4.69) is 10.1 Å². The third-order valence-electron chi connectivity index (χ3n) is 3.73. The molecule has 0 saturated heterocycles. The Hall–Kier alpha value is -2.61. The topological polar surface area (TPSA) is 64.1 Å². The van der Waals surface area contributed by atoms with Gasteiger partial charge in [-0.1, -0.05) is 6.07 Å². The van der Waals surface area contributed by atoms with Crippen LogP contribution in [0.2, 0.25) is 0 Å². The van der Waals surface area contributed by atoms with E-state index >= 15 is 0 Å². The maximum Gasteiger partial charge on any atom is 0.416 e. The molecule has 0 amide bonds. The molecule has 2 heterocycles. The highest BCUT2D eigenvalue weighted by atomic mass is 19.4. The molecule has 0 atom stereocenters. The van der Waals surface area contributed by atoms with Crippen molar-refractivity contribution < 1.29 is 22.7 Å². The molecule has 0 saturated carbocycles. The summed E-state index contributed by atoms with van der Waals surface area (Å²) in [6, 6.07) is 4.87. The molecule has 25 heavy (non-hydrogen) atoms. The molecule has 5 nitrogen and oxygen atoms in total. The number of hydrogen-bond donors (Lipinski definition) is 1. The van der Waals surface area contributed by atoms with E-state index < -0.39 is 11.7 Å². The largest absolute Gasteiger partial charge is 0.441 e. The molecule has 3 aromatic rings. The van der Waals surface area contributed by atoms with Gasteiger partial charge in [0.05, 0.1) is 18.3 Å². The van der Waals surface area contributed by atoms with Gasteiger partial charge in [-0.25, -0.2) is 4.98 Å². The van der Waals surface area contributed by atoms with Gasteiger partial charge in [0.2, 0.25) is 5.89 Å². The number of nitrogens with zero attached hydrogens (tertiary/aromatic N) is 3. The number of oxazole rings is 1. The smallest absolute Gasteiger partial charge is 0.416 e. The number of aryl methyl sites for hydroxylation is 1. The molecule has 0 radical (unpaired) electrons. The Kier molecular flexibility index (Phi) is 4.63. The Labute approximate surface area is 141 Å². The third-order valence-corrected chi connectivity index (χ3v) is 3.73. The molecule has 0 spiro atoms. The van der Waals surface area contributed by atoms with Crippen molar-refractivity contribution in [1.29, 1.82) is 0 Å².